The lowest BCUT2D eigenvalue weighted by Crippen LogP contribution is -2.03. The van der Waals surface area contributed by atoms with E-state index >= 15 is 0 Å². The molecule has 2 nitrogen and oxygen atoms in total. The number of hydrogen-bond acceptors (Lipinski definition) is 3. The van der Waals surface area contributed by atoms with Crippen LogP contribution in [0.1, 0.15) is 18.2 Å². The molecule has 0 aromatic carbocycles. The second kappa shape index (κ2) is 3.05. The number of aromatic nitrogens is 1. The van der Waals surface area contributed by atoms with Gasteiger partial charge in [0, 0.05) is 17.6 Å². The van der Waals surface area contributed by atoms with Crippen LogP contribution in [0.15, 0.2) is 6.20 Å². The molecule has 1 fully saturated rings. The topological polar surface area (TPSA) is 24.9 Å². The standard InChI is InChI=1S/C9H14N2S/c1-6-3-8(6)5-11-9-10-4-7(2)12-9/h4,6,8H,3,5H2,1-2H3,(H,10,11). The molecular weight excluding hydrogens is 168 g/mol. The van der Waals surface area contributed by atoms with Gasteiger partial charge >= 0.3 is 0 Å². The number of nitrogens with one attached hydrogen (secondary N) is 1. The number of anilines is 1. The van der Waals surface area contributed by atoms with Crippen molar-refractivity contribution >= 4 is 16.5 Å². The lowest BCUT2D eigenvalue weighted by molar-refractivity contribution is 0.786. The Labute approximate surface area is 77.0 Å². The van der Waals surface area contributed by atoms with E-state index in [1.807, 2.05) is 6.20 Å². The van der Waals surface area contributed by atoms with Gasteiger partial charge in [0.25, 0.3) is 0 Å². The Hall–Kier alpha value is -0.570. The Morgan fingerprint density at radius 1 is 1.75 bits per heavy atom. The molecule has 0 aliphatic heterocycles. The van der Waals surface area contributed by atoms with E-state index in [0.717, 1.165) is 23.5 Å². The molecule has 1 aromatic rings. The maximum Gasteiger partial charge on any atom is 0.182 e. The maximum atomic E-state index is 4.25. The van der Waals surface area contributed by atoms with Crippen molar-refractivity contribution in [3.8, 4) is 0 Å². The summed E-state index contributed by atoms with van der Waals surface area (Å²) < 4.78 is 0. The van der Waals surface area contributed by atoms with E-state index in [2.05, 4.69) is 24.1 Å². The molecule has 2 atom stereocenters. The van der Waals surface area contributed by atoms with Gasteiger partial charge in [-0.3, -0.25) is 0 Å². The molecule has 1 heterocycles. The monoisotopic (exact) mass is 182 g/mol. The molecule has 1 aromatic heterocycles. The van der Waals surface area contributed by atoms with Gasteiger partial charge in [0.2, 0.25) is 0 Å². The molecule has 12 heavy (non-hydrogen) atoms. The maximum absolute atomic E-state index is 4.25. The second-order valence-electron chi connectivity index (χ2n) is 3.63. The smallest absolute Gasteiger partial charge is 0.182 e. The van der Waals surface area contributed by atoms with Gasteiger partial charge in [-0.2, -0.15) is 0 Å². The van der Waals surface area contributed by atoms with Crippen molar-refractivity contribution in [1.82, 2.24) is 4.98 Å². The van der Waals surface area contributed by atoms with Gasteiger partial charge in [0.1, 0.15) is 0 Å². The molecule has 0 saturated heterocycles. The van der Waals surface area contributed by atoms with Crippen molar-refractivity contribution in [2.45, 2.75) is 20.3 Å². The van der Waals surface area contributed by atoms with Gasteiger partial charge in [0.15, 0.2) is 5.13 Å². The van der Waals surface area contributed by atoms with Gasteiger partial charge in [-0.05, 0) is 25.2 Å². The average Bonchev–Trinajstić information content (AvgIpc) is 2.56. The second-order valence-corrected chi connectivity index (χ2v) is 4.86. The van der Waals surface area contributed by atoms with Crippen LogP contribution in [0.3, 0.4) is 0 Å². The van der Waals surface area contributed by atoms with Crippen molar-refractivity contribution in [3.63, 3.8) is 0 Å². The van der Waals surface area contributed by atoms with Gasteiger partial charge < -0.3 is 5.32 Å². The van der Waals surface area contributed by atoms with Crippen LogP contribution in [-0.2, 0) is 0 Å². The summed E-state index contributed by atoms with van der Waals surface area (Å²) >= 11 is 1.74. The normalized spacial score (nSPS) is 27.2. The zero-order chi connectivity index (χ0) is 8.55. The highest BCUT2D eigenvalue weighted by atomic mass is 32.1. The van der Waals surface area contributed by atoms with E-state index in [0.29, 0.717) is 0 Å². The summed E-state index contributed by atoms with van der Waals surface area (Å²) in [7, 11) is 0. The van der Waals surface area contributed by atoms with Crippen molar-refractivity contribution < 1.29 is 0 Å². The van der Waals surface area contributed by atoms with Gasteiger partial charge in [0.05, 0.1) is 0 Å². The minimum absolute atomic E-state index is 0.897. The van der Waals surface area contributed by atoms with Crippen LogP contribution in [0, 0.1) is 18.8 Å². The summed E-state index contributed by atoms with van der Waals surface area (Å²) in [5.74, 6) is 1.83. The Morgan fingerprint density at radius 2 is 2.50 bits per heavy atom. The number of aryl methyl sites for hydroxylation is 1. The van der Waals surface area contributed by atoms with Crippen LogP contribution in [0.5, 0.6) is 0 Å². The average molecular weight is 182 g/mol. The highest BCUT2D eigenvalue weighted by molar-refractivity contribution is 7.15. The van der Waals surface area contributed by atoms with Gasteiger partial charge in [-0.15, -0.1) is 11.3 Å². The Bertz CT molecular complexity index is 269. The summed E-state index contributed by atoms with van der Waals surface area (Å²) in [6.07, 6.45) is 3.31. The first-order valence-corrected chi connectivity index (χ1v) is 5.23. The molecule has 0 spiro atoms. The summed E-state index contributed by atoms with van der Waals surface area (Å²) in [4.78, 5) is 5.53. The van der Waals surface area contributed by atoms with Crippen LogP contribution in [0.2, 0.25) is 0 Å². The lowest BCUT2D eigenvalue weighted by atomic mass is 10.3. The highest BCUT2D eigenvalue weighted by Crippen LogP contribution is 2.37. The zero-order valence-electron chi connectivity index (χ0n) is 7.50. The third kappa shape index (κ3) is 1.78. The Balaban J connectivity index is 1.80. The van der Waals surface area contributed by atoms with E-state index in [4.69, 9.17) is 0 Å². The van der Waals surface area contributed by atoms with Crippen molar-refractivity contribution in [3.05, 3.63) is 11.1 Å². The fourth-order valence-corrected chi connectivity index (χ4v) is 2.01. The minimum Gasteiger partial charge on any atom is -0.361 e. The molecule has 1 aliphatic carbocycles. The molecule has 3 heteroatoms. The molecule has 1 N–H and O–H groups in total. The molecule has 0 bridgehead atoms. The van der Waals surface area contributed by atoms with E-state index in [-0.39, 0.29) is 0 Å². The summed E-state index contributed by atoms with van der Waals surface area (Å²) in [5.41, 5.74) is 0. The van der Waals surface area contributed by atoms with Gasteiger partial charge in [-0.1, -0.05) is 6.92 Å². The fourth-order valence-electron chi connectivity index (χ4n) is 1.34. The van der Waals surface area contributed by atoms with E-state index in [9.17, 15) is 0 Å². The zero-order valence-corrected chi connectivity index (χ0v) is 8.32. The number of rotatable bonds is 3. The first-order valence-electron chi connectivity index (χ1n) is 4.42. The number of hydrogen-bond donors (Lipinski definition) is 1. The van der Waals surface area contributed by atoms with Crippen LogP contribution in [-0.4, -0.2) is 11.5 Å². The minimum atomic E-state index is 0.897. The molecule has 0 radical (unpaired) electrons. The largest absolute Gasteiger partial charge is 0.361 e. The summed E-state index contributed by atoms with van der Waals surface area (Å²) in [6.45, 7) is 5.50. The quantitative estimate of drug-likeness (QED) is 0.777. The highest BCUT2D eigenvalue weighted by Gasteiger charge is 2.31. The van der Waals surface area contributed by atoms with Crippen molar-refractivity contribution in [1.29, 1.82) is 0 Å². The molecule has 66 valence electrons. The van der Waals surface area contributed by atoms with E-state index < -0.39 is 0 Å². The van der Waals surface area contributed by atoms with Crippen LogP contribution >= 0.6 is 11.3 Å². The van der Waals surface area contributed by atoms with Crippen molar-refractivity contribution in [2.24, 2.45) is 11.8 Å². The first-order chi connectivity index (χ1) is 5.75. The van der Waals surface area contributed by atoms with Crippen LogP contribution in [0.25, 0.3) is 0 Å². The lowest BCUT2D eigenvalue weighted by Gasteiger charge is -1.98. The van der Waals surface area contributed by atoms with Crippen molar-refractivity contribution in [2.75, 3.05) is 11.9 Å². The molecule has 1 aliphatic rings. The van der Waals surface area contributed by atoms with E-state index in [1.165, 1.54) is 11.3 Å². The predicted octanol–water partition coefficient (Wildman–Crippen LogP) is 2.52. The summed E-state index contributed by atoms with van der Waals surface area (Å²) in [5, 5.41) is 4.44. The number of thiazole rings is 1. The molecule has 2 unspecified atom stereocenters. The SMILES string of the molecule is Cc1cnc(NCC2CC2C)s1. The third-order valence-corrected chi connectivity index (χ3v) is 3.28. The molecule has 1 saturated carbocycles. The molecule has 0 amide bonds. The molecule has 2 rings (SSSR count). The predicted molar refractivity (Wildman–Crippen MR) is 52.6 cm³/mol. The van der Waals surface area contributed by atoms with E-state index in [1.54, 1.807) is 11.3 Å². The van der Waals surface area contributed by atoms with Gasteiger partial charge in [-0.25, -0.2) is 4.98 Å². The van der Waals surface area contributed by atoms with Crippen LogP contribution < -0.4 is 5.32 Å². The first kappa shape index (κ1) is 8.05. The molecular formula is C9H14N2S. The Kier molecular flexibility index (Phi) is 2.05. The fraction of sp³-hybridized carbons (Fsp3) is 0.667. The summed E-state index contributed by atoms with van der Waals surface area (Å²) in [6, 6.07) is 0. The third-order valence-electron chi connectivity index (χ3n) is 2.41. The Morgan fingerprint density at radius 3 is 3.00 bits per heavy atom. The van der Waals surface area contributed by atoms with Crippen LogP contribution in [0.4, 0.5) is 5.13 Å². The number of nitrogens with zero attached hydrogens (tertiary/aromatic N) is 1.